The van der Waals surface area contributed by atoms with E-state index in [0.717, 1.165) is 11.8 Å². The second kappa shape index (κ2) is 4.61. The van der Waals surface area contributed by atoms with Gasteiger partial charge in [-0.1, -0.05) is 11.8 Å². The first-order valence-electron chi connectivity index (χ1n) is 2.87. The minimum Gasteiger partial charge on any atom is -0.465 e. The number of nitrogens with one attached hydrogen (secondary N) is 1. The fourth-order valence-corrected chi connectivity index (χ4v) is 1.42. The third kappa shape index (κ3) is 3.11. The van der Waals surface area contributed by atoms with Crippen molar-refractivity contribution in [2.45, 2.75) is 11.7 Å². The molecule has 11 heavy (non-hydrogen) atoms. The van der Waals surface area contributed by atoms with Crippen molar-refractivity contribution in [2.75, 3.05) is 6.61 Å². The first-order valence-corrected chi connectivity index (χ1v) is 3.75. The lowest BCUT2D eigenvalue weighted by Gasteiger charge is -2.00. The smallest absolute Gasteiger partial charge is 0.319 e. The molecule has 0 aromatic heterocycles. The number of amidine groups is 1. The molecule has 6 heteroatoms. The number of halogens is 1. The average molecular weight is 241 g/mol. The van der Waals surface area contributed by atoms with Crippen LogP contribution in [0.5, 0.6) is 0 Å². The Morgan fingerprint density at radius 2 is 2.45 bits per heavy atom. The maximum absolute atomic E-state index is 10.7. The molecule has 1 unspecified atom stereocenters. The monoisotopic (exact) mass is 240 g/mol. The van der Waals surface area contributed by atoms with E-state index in [1.807, 2.05) is 0 Å². The van der Waals surface area contributed by atoms with E-state index in [1.165, 1.54) is 0 Å². The van der Waals surface area contributed by atoms with Gasteiger partial charge < -0.3 is 10.5 Å². The number of hydrogen-bond acceptors (Lipinski definition) is 4. The van der Waals surface area contributed by atoms with Crippen molar-refractivity contribution >= 4 is 39.9 Å². The summed E-state index contributed by atoms with van der Waals surface area (Å²) in [6, 6.07) is 0. The zero-order valence-corrected chi connectivity index (χ0v) is 8.23. The van der Waals surface area contributed by atoms with Gasteiger partial charge in [0.15, 0.2) is 5.17 Å². The lowest BCUT2D eigenvalue weighted by Crippen LogP contribution is -2.16. The summed E-state index contributed by atoms with van der Waals surface area (Å²) >= 11 is 1.06. The molecule has 1 fully saturated rings. The van der Waals surface area contributed by atoms with Crippen LogP contribution in [-0.4, -0.2) is 23.0 Å². The van der Waals surface area contributed by atoms with E-state index < -0.39 is 0 Å². The Hall–Kier alpha value is -0.230. The number of rotatable bonds is 1. The van der Waals surface area contributed by atoms with Gasteiger partial charge in [-0.3, -0.25) is 10.2 Å². The van der Waals surface area contributed by atoms with Gasteiger partial charge in [-0.15, -0.1) is 17.0 Å². The van der Waals surface area contributed by atoms with Crippen LogP contribution >= 0.6 is 28.7 Å². The van der Waals surface area contributed by atoms with E-state index >= 15 is 0 Å². The largest absolute Gasteiger partial charge is 0.465 e. The van der Waals surface area contributed by atoms with E-state index in [-0.39, 0.29) is 33.4 Å². The summed E-state index contributed by atoms with van der Waals surface area (Å²) in [5.41, 5.74) is 5.07. The molecule has 64 valence electrons. The summed E-state index contributed by atoms with van der Waals surface area (Å²) in [5, 5.41) is 6.62. The molecule has 1 atom stereocenters. The summed E-state index contributed by atoms with van der Waals surface area (Å²) in [4.78, 5) is 10.7. The predicted molar refractivity (Wildman–Crippen MR) is 49.2 cm³/mol. The molecule has 1 heterocycles. The number of esters is 1. The van der Waals surface area contributed by atoms with Crippen LogP contribution in [0.25, 0.3) is 0 Å². The van der Waals surface area contributed by atoms with E-state index in [9.17, 15) is 4.79 Å². The van der Waals surface area contributed by atoms with Crippen LogP contribution in [0, 0.1) is 5.41 Å². The maximum Gasteiger partial charge on any atom is 0.319 e. The molecule has 1 aliphatic heterocycles. The van der Waals surface area contributed by atoms with Crippen LogP contribution < -0.4 is 5.73 Å². The highest BCUT2D eigenvalue weighted by Gasteiger charge is 2.27. The van der Waals surface area contributed by atoms with Crippen LogP contribution in [-0.2, 0) is 9.53 Å². The molecule has 4 nitrogen and oxygen atoms in total. The number of hydrogen-bond donors (Lipinski definition) is 2. The Bertz CT molecular complexity index is 176. The van der Waals surface area contributed by atoms with E-state index in [1.54, 1.807) is 0 Å². The van der Waals surface area contributed by atoms with Crippen molar-refractivity contribution in [2.24, 2.45) is 5.73 Å². The zero-order valence-electron chi connectivity index (χ0n) is 5.70. The number of ether oxygens (including phenoxy) is 1. The van der Waals surface area contributed by atoms with E-state index in [2.05, 4.69) is 4.74 Å². The van der Waals surface area contributed by atoms with Gasteiger partial charge in [-0.05, 0) is 0 Å². The first-order chi connectivity index (χ1) is 4.70. The Morgan fingerprint density at radius 1 is 1.82 bits per heavy atom. The molecule has 1 rings (SSSR count). The van der Waals surface area contributed by atoms with Crippen molar-refractivity contribution in [1.29, 1.82) is 5.41 Å². The zero-order chi connectivity index (χ0) is 7.56. The van der Waals surface area contributed by atoms with Crippen LogP contribution in [0.15, 0.2) is 0 Å². The summed E-state index contributed by atoms with van der Waals surface area (Å²) < 4.78 is 4.65. The van der Waals surface area contributed by atoms with Gasteiger partial charge in [0.25, 0.3) is 0 Å². The van der Waals surface area contributed by atoms with Crippen molar-refractivity contribution in [1.82, 2.24) is 0 Å². The lowest BCUT2D eigenvalue weighted by atomic mass is 10.4. The molecule has 0 bridgehead atoms. The highest BCUT2D eigenvalue weighted by atomic mass is 79.9. The molecule has 0 aromatic carbocycles. The van der Waals surface area contributed by atoms with Gasteiger partial charge in [0.1, 0.15) is 5.25 Å². The van der Waals surface area contributed by atoms with Crippen molar-refractivity contribution < 1.29 is 9.53 Å². The number of nitrogens with two attached hydrogens (primary N) is 1. The standard InChI is InChI=1S/C5H8N2O2S.BrH/c6-5(7)10-3-1-2-9-4(3)8;/h3H,1-2H2,(H3,6,7);1H. The van der Waals surface area contributed by atoms with Gasteiger partial charge in [-0.2, -0.15) is 0 Å². The summed E-state index contributed by atoms with van der Waals surface area (Å²) in [5.74, 6) is -0.250. The van der Waals surface area contributed by atoms with E-state index in [4.69, 9.17) is 11.1 Å². The molecule has 0 amide bonds. The Morgan fingerprint density at radius 3 is 2.82 bits per heavy atom. The number of thioether (sulfide) groups is 1. The van der Waals surface area contributed by atoms with Crippen LogP contribution in [0.2, 0.25) is 0 Å². The highest BCUT2D eigenvalue weighted by Crippen LogP contribution is 2.20. The average Bonchev–Trinajstić information content (AvgIpc) is 2.15. The number of cyclic esters (lactones) is 1. The summed E-state index contributed by atoms with van der Waals surface area (Å²) in [7, 11) is 0. The van der Waals surface area contributed by atoms with Crippen molar-refractivity contribution in [3.05, 3.63) is 0 Å². The van der Waals surface area contributed by atoms with Gasteiger partial charge in [0, 0.05) is 6.42 Å². The molecule has 0 saturated carbocycles. The van der Waals surface area contributed by atoms with Crippen molar-refractivity contribution in [3.8, 4) is 0 Å². The maximum atomic E-state index is 10.7. The molecule has 1 aliphatic rings. The van der Waals surface area contributed by atoms with Crippen molar-refractivity contribution in [3.63, 3.8) is 0 Å². The normalized spacial score (nSPS) is 22.2. The van der Waals surface area contributed by atoms with Gasteiger partial charge in [0.2, 0.25) is 0 Å². The Labute approximate surface area is 79.1 Å². The van der Waals surface area contributed by atoms with Crippen LogP contribution in [0.4, 0.5) is 0 Å². The lowest BCUT2D eigenvalue weighted by molar-refractivity contribution is -0.137. The Balaban J connectivity index is 0.000001000. The van der Waals surface area contributed by atoms with Crippen LogP contribution in [0.1, 0.15) is 6.42 Å². The molecular weight excluding hydrogens is 232 g/mol. The van der Waals surface area contributed by atoms with Gasteiger partial charge in [-0.25, -0.2) is 0 Å². The fraction of sp³-hybridized carbons (Fsp3) is 0.600. The highest BCUT2D eigenvalue weighted by molar-refractivity contribution is 8.93. The topological polar surface area (TPSA) is 76.2 Å². The molecule has 0 radical (unpaired) electrons. The molecule has 0 aliphatic carbocycles. The molecule has 1 saturated heterocycles. The Kier molecular flexibility index (Phi) is 4.51. The predicted octanol–water partition coefficient (Wildman–Crippen LogP) is 0.506. The second-order valence-corrected chi connectivity index (χ2v) is 3.17. The summed E-state index contributed by atoms with van der Waals surface area (Å²) in [6.45, 7) is 0.462. The third-order valence-corrected chi connectivity index (χ3v) is 2.12. The minimum atomic E-state index is -0.250. The first kappa shape index (κ1) is 10.8. The SMILES string of the molecule is Br.N=C(N)SC1CCOC1=O. The molecular formula is C5H9BrN2O2S. The van der Waals surface area contributed by atoms with Gasteiger partial charge >= 0.3 is 5.97 Å². The number of carbonyl (C=O) groups excluding carboxylic acids is 1. The third-order valence-electron chi connectivity index (χ3n) is 1.16. The van der Waals surface area contributed by atoms with Crippen LogP contribution in [0.3, 0.4) is 0 Å². The molecule has 0 aromatic rings. The second-order valence-electron chi connectivity index (χ2n) is 1.93. The van der Waals surface area contributed by atoms with Gasteiger partial charge in [0.05, 0.1) is 6.61 Å². The fourth-order valence-electron chi connectivity index (χ4n) is 0.738. The summed E-state index contributed by atoms with van der Waals surface area (Å²) in [6.07, 6.45) is 0.670. The molecule has 0 spiro atoms. The molecule has 3 N–H and O–H groups in total. The number of carbonyl (C=O) groups is 1. The minimum absolute atomic E-state index is 0. The quantitative estimate of drug-likeness (QED) is 0.398. The van der Waals surface area contributed by atoms with E-state index in [0.29, 0.717) is 13.0 Å².